The molecule has 1 aromatic heterocycles. The van der Waals surface area contributed by atoms with Crippen LogP contribution in [-0.4, -0.2) is 23.7 Å². The Morgan fingerprint density at radius 2 is 1.96 bits per heavy atom. The predicted molar refractivity (Wildman–Crippen MR) is 91.7 cm³/mol. The third-order valence-corrected chi connectivity index (χ3v) is 6.81. The fourth-order valence-corrected chi connectivity index (χ4v) is 5.69. The molecule has 0 fully saturated rings. The van der Waals surface area contributed by atoms with Gasteiger partial charge in [0.25, 0.3) is 10.0 Å². The molecule has 2 aromatic carbocycles. The van der Waals surface area contributed by atoms with Crippen LogP contribution in [0.25, 0.3) is 11.0 Å². The van der Waals surface area contributed by atoms with Crippen molar-refractivity contribution in [2.45, 2.75) is 17.7 Å². The number of rotatable bonds is 2. The van der Waals surface area contributed by atoms with E-state index in [4.69, 9.17) is 11.6 Å². The summed E-state index contributed by atoms with van der Waals surface area (Å²) in [5.74, 6) is 0. The number of sulfonamides is 1. The fourth-order valence-electron chi connectivity index (χ4n) is 2.91. The second kappa shape index (κ2) is 5.43. The second-order valence-electron chi connectivity index (χ2n) is 5.32. The summed E-state index contributed by atoms with van der Waals surface area (Å²) in [6, 6.07) is 10.8. The molecule has 0 saturated carbocycles. The standard InChI is InChI=1S/C15H12ClN3O2S2/c16-11-7-8-12-14(18-22-17-12)15(11)23(20,21)19-9-3-5-10-4-1-2-6-13(10)19/h1-2,4,6-8H,3,5,9H2. The molecular formula is C15H12ClN3O2S2. The largest absolute Gasteiger partial charge is 0.268 e. The lowest BCUT2D eigenvalue weighted by molar-refractivity contribution is 0.587. The normalized spacial score (nSPS) is 14.9. The van der Waals surface area contributed by atoms with Crippen molar-refractivity contribution in [2.75, 3.05) is 10.8 Å². The third-order valence-electron chi connectivity index (χ3n) is 3.95. The van der Waals surface area contributed by atoms with Crippen LogP contribution in [0.5, 0.6) is 0 Å². The van der Waals surface area contributed by atoms with Crippen molar-refractivity contribution in [3.05, 3.63) is 47.0 Å². The van der Waals surface area contributed by atoms with Crippen molar-refractivity contribution in [2.24, 2.45) is 0 Å². The van der Waals surface area contributed by atoms with Crippen molar-refractivity contribution in [1.29, 1.82) is 0 Å². The van der Waals surface area contributed by atoms with Gasteiger partial charge in [-0.15, -0.1) is 0 Å². The van der Waals surface area contributed by atoms with Gasteiger partial charge in [-0.1, -0.05) is 29.8 Å². The Labute approximate surface area is 142 Å². The Bertz CT molecular complexity index is 1000. The van der Waals surface area contributed by atoms with E-state index in [0.717, 1.165) is 35.8 Å². The summed E-state index contributed by atoms with van der Waals surface area (Å²) in [6.45, 7) is 0.434. The SMILES string of the molecule is O=S(=O)(c1c(Cl)ccc2nsnc12)N1CCCc2ccccc21. The van der Waals surface area contributed by atoms with Crippen LogP contribution < -0.4 is 4.31 Å². The van der Waals surface area contributed by atoms with Crippen molar-refractivity contribution in [3.8, 4) is 0 Å². The first-order chi connectivity index (χ1) is 11.1. The highest BCUT2D eigenvalue weighted by atomic mass is 35.5. The number of hydrogen-bond donors (Lipinski definition) is 0. The molecule has 0 radical (unpaired) electrons. The average Bonchev–Trinajstić information content (AvgIpc) is 3.02. The molecule has 4 rings (SSSR count). The van der Waals surface area contributed by atoms with Gasteiger partial charge in [0.05, 0.1) is 22.4 Å². The third kappa shape index (κ3) is 2.31. The molecule has 1 aliphatic heterocycles. The molecule has 0 atom stereocenters. The first-order valence-electron chi connectivity index (χ1n) is 7.10. The molecule has 3 aromatic rings. The van der Waals surface area contributed by atoms with E-state index in [9.17, 15) is 8.42 Å². The molecule has 23 heavy (non-hydrogen) atoms. The predicted octanol–water partition coefficient (Wildman–Crippen LogP) is 3.49. The van der Waals surface area contributed by atoms with Crippen LogP contribution >= 0.6 is 23.3 Å². The summed E-state index contributed by atoms with van der Waals surface area (Å²) in [7, 11) is -3.80. The number of hydrogen-bond acceptors (Lipinski definition) is 5. The second-order valence-corrected chi connectivity index (χ2v) is 8.05. The van der Waals surface area contributed by atoms with Crippen molar-refractivity contribution in [1.82, 2.24) is 8.75 Å². The first kappa shape index (κ1) is 14.9. The van der Waals surface area contributed by atoms with Gasteiger partial charge in [0.1, 0.15) is 15.9 Å². The van der Waals surface area contributed by atoms with Gasteiger partial charge in [0.2, 0.25) is 0 Å². The molecule has 0 spiro atoms. The topological polar surface area (TPSA) is 63.2 Å². The van der Waals surface area contributed by atoms with Gasteiger partial charge in [-0.2, -0.15) is 8.75 Å². The van der Waals surface area contributed by atoms with Crippen LogP contribution in [-0.2, 0) is 16.4 Å². The van der Waals surface area contributed by atoms with Gasteiger partial charge in [-0.25, -0.2) is 8.42 Å². The molecule has 0 amide bonds. The van der Waals surface area contributed by atoms with E-state index in [0.29, 0.717) is 17.6 Å². The van der Waals surface area contributed by atoms with Gasteiger partial charge < -0.3 is 0 Å². The van der Waals surface area contributed by atoms with Gasteiger partial charge in [-0.3, -0.25) is 4.31 Å². The Morgan fingerprint density at radius 3 is 2.83 bits per heavy atom. The summed E-state index contributed by atoms with van der Waals surface area (Å²) < 4.78 is 36.2. The van der Waals surface area contributed by atoms with Crippen LogP contribution in [0, 0.1) is 0 Å². The Morgan fingerprint density at radius 1 is 1.13 bits per heavy atom. The number of aromatic nitrogens is 2. The molecule has 0 bridgehead atoms. The van der Waals surface area contributed by atoms with Gasteiger partial charge in [0.15, 0.2) is 0 Å². The van der Waals surface area contributed by atoms with Gasteiger partial charge in [-0.05, 0) is 36.6 Å². The Balaban J connectivity index is 1.95. The summed E-state index contributed by atoms with van der Waals surface area (Å²) in [5, 5.41) is 0.174. The number of nitrogens with zero attached hydrogens (tertiary/aromatic N) is 3. The first-order valence-corrected chi connectivity index (χ1v) is 9.65. The Hall–Kier alpha value is -1.70. The zero-order valence-corrected chi connectivity index (χ0v) is 14.3. The highest BCUT2D eigenvalue weighted by molar-refractivity contribution is 7.93. The molecule has 5 nitrogen and oxygen atoms in total. The molecule has 1 aliphatic rings. The quantitative estimate of drug-likeness (QED) is 0.697. The van der Waals surface area contributed by atoms with E-state index in [2.05, 4.69) is 8.75 Å². The molecule has 118 valence electrons. The zero-order chi connectivity index (χ0) is 16.0. The maximum atomic E-state index is 13.3. The number of anilines is 1. The van der Waals surface area contributed by atoms with Crippen LogP contribution in [0.1, 0.15) is 12.0 Å². The lowest BCUT2D eigenvalue weighted by Crippen LogP contribution is -2.35. The summed E-state index contributed by atoms with van der Waals surface area (Å²) in [4.78, 5) is 0.0436. The molecular weight excluding hydrogens is 354 g/mol. The number of aryl methyl sites for hydroxylation is 1. The highest BCUT2D eigenvalue weighted by Crippen LogP contribution is 2.36. The number of halogens is 1. The van der Waals surface area contributed by atoms with Crippen molar-refractivity contribution >= 4 is 50.1 Å². The van der Waals surface area contributed by atoms with E-state index in [1.807, 2.05) is 24.3 Å². The molecule has 0 unspecified atom stereocenters. The number of fused-ring (bicyclic) bond motifs is 2. The van der Waals surface area contributed by atoms with E-state index in [1.54, 1.807) is 12.1 Å². The Kier molecular flexibility index (Phi) is 3.51. The van der Waals surface area contributed by atoms with E-state index in [-0.39, 0.29) is 9.92 Å². The van der Waals surface area contributed by atoms with Crippen molar-refractivity contribution in [3.63, 3.8) is 0 Å². The lowest BCUT2D eigenvalue weighted by atomic mass is 10.0. The van der Waals surface area contributed by atoms with E-state index < -0.39 is 10.0 Å². The minimum Gasteiger partial charge on any atom is -0.266 e. The molecule has 0 aliphatic carbocycles. The molecule has 0 saturated heterocycles. The van der Waals surface area contributed by atoms with Crippen LogP contribution in [0.3, 0.4) is 0 Å². The van der Waals surface area contributed by atoms with Crippen LogP contribution in [0.4, 0.5) is 5.69 Å². The average molecular weight is 366 g/mol. The lowest BCUT2D eigenvalue weighted by Gasteiger charge is -2.30. The highest BCUT2D eigenvalue weighted by Gasteiger charge is 2.33. The summed E-state index contributed by atoms with van der Waals surface area (Å²) >= 11 is 7.20. The van der Waals surface area contributed by atoms with Gasteiger partial charge in [0, 0.05) is 6.54 Å². The molecule has 8 heteroatoms. The molecule has 2 heterocycles. The van der Waals surface area contributed by atoms with Gasteiger partial charge >= 0.3 is 0 Å². The van der Waals surface area contributed by atoms with E-state index in [1.165, 1.54) is 4.31 Å². The smallest absolute Gasteiger partial charge is 0.266 e. The monoisotopic (exact) mass is 365 g/mol. The molecule has 0 N–H and O–H groups in total. The summed E-state index contributed by atoms with van der Waals surface area (Å²) in [5.41, 5.74) is 2.63. The maximum absolute atomic E-state index is 13.3. The zero-order valence-electron chi connectivity index (χ0n) is 11.9. The van der Waals surface area contributed by atoms with Crippen LogP contribution in [0.2, 0.25) is 5.02 Å². The maximum Gasteiger partial charge on any atom is 0.268 e. The number of benzene rings is 2. The number of para-hydroxylation sites is 1. The minimum absolute atomic E-state index is 0.0436. The minimum atomic E-state index is -3.80. The summed E-state index contributed by atoms with van der Waals surface area (Å²) in [6.07, 6.45) is 1.65. The van der Waals surface area contributed by atoms with Crippen molar-refractivity contribution < 1.29 is 8.42 Å². The fraction of sp³-hybridized carbons (Fsp3) is 0.200. The van der Waals surface area contributed by atoms with E-state index >= 15 is 0 Å². The van der Waals surface area contributed by atoms with Crippen LogP contribution in [0.15, 0.2) is 41.3 Å².